The van der Waals surface area contributed by atoms with Crippen molar-refractivity contribution in [3.8, 4) is 18.1 Å². The maximum atomic E-state index is 11.6. The van der Waals surface area contributed by atoms with Crippen molar-refractivity contribution in [3.63, 3.8) is 0 Å². The molecular formula is C23H22N4O3. The molecule has 1 amide bonds. The second-order valence-corrected chi connectivity index (χ2v) is 7.11. The Morgan fingerprint density at radius 2 is 2.07 bits per heavy atom. The molecule has 0 radical (unpaired) electrons. The Bertz CT molecular complexity index is 1100. The minimum atomic E-state index is -0.448. The number of aliphatic hydroxyl groups excluding tert-OH is 1. The van der Waals surface area contributed by atoms with Gasteiger partial charge in [-0.15, -0.1) is 6.42 Å². The molecule has 2 N–H and O–H groups in total. The van der Waals surface area contributed by atoms with Crippen LogP contribution in [0.5, 0.6) is 5.75 Å². The van der Waals surface area contributed by atoms with Crippen LogP contribution in [0, 0.1) is 12.3 Å². The number of anilines is 2. The van der Waals surface area contributed by atoms with E-state index in [0.29, 0.717) is 18.9 Å². The van der Waals surface area contributed by atoms with Gasteiger partial charge in [-0.2, -0.15) is 0 Å². The molecule has 30 heavy (non-hydrogen) atoms. The van der Waals surface area contributed by atoms with Gasteiger partial charge < -0.3 is 20.1 Å². The predicted octanol–water partition coefficient (Wildman–Crippen LogP) is 2.72. The van der Waals surface area contributed by atoms with Crippen LogP contribution < -0.4 is 10.1 Å². The van der Waals surface area contributed by atoms with Gasteiger partial charge in [0.25, 0.3) is 0 Å². The summed E-state index contributed by atoms with van der Waals surface area (Å²) in [6.07, 6.45) is 8.46. The van der Waals surface area contributed by atoms with Crippen molar-refractivity contribution in [1.29, 1.82) is 0 Å². The van der Waals surface area contributed by atoms with Gasteiger partial charge >= 0.3 is 0 Å². The third-order valence-corrected chi connectivity index (χ3v) is 5.13. The number of hydrogen-bond acceptors (Lipinski definition) is 6. The lowest BCUT2D eigenvalue weighted by atomic mass is 10.1. The molecule has 4 rings (SSSR count). The van der Waals surface area contributed by atoms with Crippen LogP contribution in [0.2, 0.25) is 0 Å². The van der Waals surface area contributed by atoms with Gasteiger partial charge in [-0.1, -0.05) is 12.0 Å². The molecule has 7 nitrogen and oxygen atoms in total. The fraction of sp³-hybridized carbons (Fsp3) is 0.261. The number of piperidine rings is 1. The first-order chi connectivity index (χ1) is 14.7. The third-order valence-electron chi connectivity index (χ3n) is 5.13. The van der Waals surface area contributed by atoms with E-state index in [1.807, 2.05) is 42.5 Å². The molecule has 0 aliphatic carbocycles. The third kappa shape index (κ3) is 4.34. The molecule has 1 saturated heterocycles. The zero-order valence-electron chi connectivity index (χ0n) is 16.4. The molecule has 1 fully saturated rings. The van der Waals surface area contributed by atoms with Crippen LogP contribution >= 0.6 is 0 Å². The van der Waals surface area contributed by atoms with Gasteiger partial charge in [0.05, 0.1) is 5.52 Å². The van der Waals surface area contributed by atoms with Crippen LogP contribution in [0.4, 0.5) is 11.5 Å². The summed E-state index contributed by atoms with van der Waals surface area (Å²) in [6, 6.07) is 13.3. The molecule has 7 heteroatoms. The van der Waals surface area contributed by atoms with Crippen LogP contribution in [-0.2, 0) is 4.79 Å². The number of carbonyl (C=O) groups is 1. The van der Waals surface area contributed by atoms with Crippen molar-refractivity contribution >= 4 is 28.3 Å². The molecule has 0 bridgehead atoms. The number of benzene rings is 2. The van der Waals surface area contributed by atoms with E-state index < -0.39 is 6.61 Å². The molecular weight excluding hydrogens is 380 g/mol. The van der Waals surface area contributed by atoms with E-state index in [1.165, 1.54) is 6.33 Å². The van der Waals surface area contributed by atoms with Gasteiger partial charge in [0.15, 0.2) is 0 Å². The van der Waals surface area contributed by atoms with Crippen LogP contribution in [-0.4, -0.2) is 51.7 Å². The van der Waals surface area contributed by atoms with Crippen LogP contribution in [0.15, 0.2) is 48.8 Å². The average Bonchev–Trinajstić information content (AvgIpc) is 2.79. The summed E-state index contributed by atoms with van der Waals surface area (Å²) >= 11 is 0. The van der Waals surface area contributed by atoms with Gasteiger partial charge in [-0.05, 0) is 36.4 Å². The standard InChI is InChI=1S/C23H22N4O3/c1-2-16-4-3-5-17(12-16)26-23-20-13-19(6-7-21(20)24-15-25-23)30-18-8-10-27(11-9-18)22(29)14-28/h1,3-7,12-13,15,18,28H,8-11,14H2,(H,24,25,26). The van der Waals surface area contributed by atoms with Gasteiger partial charge in [0.1, 0.15) is 30.6 Å². The number of likely N-dealkylation sites (tertiary alicyclic amines) is 1. The number of amides is 1. The Morgan fingerprint density at radius 3 is 2.83 bits per heavy atom. The highest BCUT2D eigenvalue weighted by atomic mass is 16.5. The molecule has 3 aromatic rings. The molecule has 2 heterocycles. The maximum absolute atomic E-state index is 11.6. The fourth-order valence-electron chi connectivity index (χ4n) is 3.55. The first-order valence-electron chi connectivity index (χ1n) is 9.80. The van der Waals surface area contributed by atoms with Crippen LogP contribution in [0.3, 0.4) is 0 Å². The predicted molar refractivity (Wildman–Crippen MR) is 115 cm³/mol. The monoisotopic (exact) mass is 402 g/mol. The zero-order valence-corrected chi connectivity index (χ0v) is 16.4. The van der Waals surface area contributed by atoms with E-state index in [0.717, 1.165) is 40.7 Å². The summed E-state index contributed by atoms with van der Waals surface area (Å²) in [6.45, 7) is 0.717. The number of aliphatic hydroxyl groups is 1. The molecule has 1 aliphatic heterocycles. The van der Waals surface area contributed by atoms with E-state index in [9.17, 15) is 4.79 Å². The topological polar surface area (TPSA) is 87.6 Å². The Hall–Kier alpha value is -3.63. The number of ether oxygens (including phenoxy) is 1. The zero-order chi connectivity index (χ0) is 20.9. The highest BCUT2D eigenvalue weighted by Crippen LogP contribution is 2.28. The summed E-state index contributed by atoms with van der Waals surface area (Å²) in [4.78, 5) is 22.0. The molecule has 1 aromatic heterocycles. The number of aromatic nitrogens is 2. The summed E-state index contributed by atoms with van der Waals surface area (Å²) in [5.74, 6) is 3.79. The van der Waals surface area contributed by atoms with Crippen LogP contribution in [0.1, 0.15) is 18.4 Å². The second kappa shape index (κ2) is 8.80. The van der Waals surface area contributed by atoms with Gasteiger partial charge in [-0.25, -0.2) is 9.97 Å². The number of rotatable bonds is 5. The normalized spacial score (nSPS) is 14.3. The quantitative estimate of drug-likeness (QED) is 0.638. The smallest absolute Gasteiger partial charge is 0.248 e. The lowest BCUT2D eigenvalue weighted by Gasteiger charge is -2.31. The van der Waals surface area contributed by atoms with Gasteiger partial charge in [-0.3, -0.25) is 4.79 Å². The number of nitrogens with zero attached hydrogens (tertiary/aromatic N) is 3. The second-order valence-electron chi connectivity index (χ2n) is 7.11. The van der Waals surface area contributed by atoms with E-state index in [1.54, 1.807) is 4.90 Å². The van der Waals surface area contributed by atoms with Crippen molar-refractivity contribution in [2.24, 2.45) is 0 Å². The van der Waals surface area contributed by atoms with Crippen molar-refractivity contribution in [1.82, 2.24) is 14.9 Å². The minimum Gasteiger partial charge on any atom is -0.490 e. The number of carbonyl (C=O) groups excluding carboxylic acids is 1. The van der Waals surface area contributed by atoms with Crippen LogP contribution in [0.25, 0.3) is 10.9 Å². The summed E-state index contributed by atoms with van der Waals surface area (Å²) < 4.78 is 6.16. The molecule has 0 atom stereocenters. The molecule has 1 aliphatic rings. The lowest BCUT2D eigenvalue weighted by Crippen LogP contribution is -2.42. The van der Waals surface area contributed by atoms with E-state index in [2.05, 4.69) is 21.2 Å². The fourth-order valence-corrected chi connectivity index (χ4v) is 3.55. The van der Waals surface area contributed by atoms with Crippen molar-refractivity contribution in [3.05, 3.63) is 54.4 Å². The van der Waals surface area contributed by atoms with E-state index >= 15 is 0 Å². The summed E-state index contributed by atoms with van der Waals surface area (Å²) in [5, 5.41) is 13.1. The molecule has 0 saturated carbocycles. The molecule has 0 spiro atoms. The minimum absolute atomic E-state index is 0.0125. The van der Waals surface area contributed by atoms with Gasteiger partial charge in [0.2, 0.25) is 5.91 Å². The summed E-state index contributed by atoms with van der Waals surface area (Å²) in [5.41, 5.74) is 2.43. The van der Waals surface area contributed by atoms with E-state index in [-0.39, 0.29) is 12.0 Å². The first-order valence-corrected chi connectivity index (χ1v) is 9.80. The SMILES string of the molecule is C#Cc1cccc(Nc2ncnc3ccc(OC4CCN(C(=O)CO)CC4)cc23)c1. The highest BCUT2D eigenvalue weighted by molar-refractivity contribution is 5.91. The number of terminal acetylenes is 1. The lowest BCUT2D eigenvalue weighted by molar-refractivity contribution is -0.135. The maximum Gasteiger partial charge on any atom is 0.248 e. The first kappa shape index (κ1) is 19.7. The number of fused-ring (bicyclic) bond motifs is 1. The average molecular weight is 402 g/mol. The van der Waals surface area contributed by atoms with Gasteiger partial charge in [0, 0.05) is 42.6 Å². The Morgan fingerprint density at radius 1 is 1.23 bits per heavy atom. The summed E-state index contributed by atoms with van der Waals surface area (Å²) in [7, 11) is 0. The highest BCUT2D eigenvalue weighted by Gasteiger charge is 2.23. The Labute approximate surface area is 174 Å². The Balaban J connectivity index is 1.52. The largest absolute Gasteiger partial charge is 0.490 e. The van der Waals surface area contributed by atoms with Crippen molar-refractivity contribution in [2.45, 2.75) is 18.9 Å². The number of hydrogen-bond donors (Lipinski definition) is 2. The Kier molecular flexibility index (Phi) is 5.77. The number of nitrogens with one attached hydrogen (secondary N) is 1. The van der Waals surface area contributed by atoms with Crippen molar-refractivity contribution in [2.75, 3.05) is 25.0 Å². The molecule has 2 aromatic carbocycles. The van der Waals surface area contributed by atoms with Crippen molar-refractivity contribution < 1.29 is 14.6 Å². The molecule has 152 valence electrons. The van der Waals surface area contributed by atoms with E-state index in [4.69, 9.17) is 16.3 Å². The molecule has 0 unspecified atom stereocenters.